The van der Waals surface area contributed by atoms with Crippen LogP contribution in [0.2, 0.25) is 5.02 Å². The summed E-state index contributed by atoms with van der Waals surface area (Å²) in [6, 6.07) is 4.54. The van der Waals surface area contributed by atoms with Crippen molar-refractivity contribution in [2.24, 2.45) is 0 Å². The molecule has 3 nitrogen and oxygen atoms in total. The van der Waals surface area contributed by atoms with Crippen LogP contribution in [-0.4, -0.2) is 14.9 Å². The van der Waals surface area contributed by atoms with Crippen molar-refractivity contribution in [1.29, 1.82) is 0 Å². The minimum atomic E-state index is -4.43. The zero-order chi connectivity index (χ0) is 13.3. The van der Waals surface area contributed by atoms with Crippen molar-refractivity contribution >= 4 is 11.6 Å². The number of nitrogens with zero attached hydrogens (tertiary/aromatic N) is 2. The van der Waals surface area contributed by atoms with Gasteiger partial charge in [-0.2, -0.15) is 18.3 Å². The van der Waals surface area contributed by atoms with Gasteiger partial charge in [0.15, 0.2) is 0 Å². The standard InChI is InChI=1S/C11H8ClF3N2O/c12-9-3-7(6-18)1-2-10(9)17-5-8(4-16-17)11(13,14)15/h1-5,18H,6H2. The lowest BCUT2D eigenvalue weighted by molar-refractivity contribution is -0.137. The highest BCUT2D eigenvalue weighted by Gasteiger charge is 2.32. The van der Waals surface area contributed by atoms with E-state index in [1.807, 2.05) is 0 Å². The van der Waals surface area contributed by atoms with Crippen LogP contribution in [-0.2, 0) is 12.8 Å². The molecule has 1 aromatic carbocycles. The number of hydrogen-bond donors (Lipinski definition) is 1. The Bertz CT molecular complexity index is 566. The van der Waals surface area contributed by atoms with Gasteiger partial charge in [-0.1, -0.05) is 17.7 Å². The highest BCUT2D eigenvalue weighted by molar-refractivity contribution is 6.32. The van der Waals surface area contributed by atoms with E-state index in [4.69, 9.17) is 16.7 Å². The molecule has 96 valence electrons. The number of alkyl halides is 3. The highest BCUT2D eigenvalue weighted by Crippen LogP contribution is 2.30. The second-order valence-electron chi connectivity index (χ2n) is 3.62. The normalized spacial score (nSPS) is 11.8. The summed E-state index contributed by atoms with van der Waals surface area (Å²) in [7, 11) is 0. The van der Waals surface area contributed by atoms with Gasteiger partial charge in [-0.3, -0.25) is 0 Å². The Kier molecular flexibility index (Phi) is 3.32. The quantitative estimate of drug-likeness (QED) is 0.915. The van der Waals surface area contributed by atoms with Gasteiger partial charge in [-0.05, 0) is 17.7 Å². The first-order valence-corrected chi connectivity index (χ1v) is 5.31. The van der Waals surface area contributed by atoms with Crippen LogP contribution < -0.4 is 0 Å². The van der Waals surface area contributed by atoms with Crippen LogP contribution in [0.5, 0.6) is 0 Å². The second-order valence-corrected chi connectivity index (χ2v) is 4.02. The topological polar surface area (TPSA) is 38.0 Å². The minimum absolute atomic E-state index is 0.188. The maximum atomic E-state index is 12.4. The first kappa shape index (κ1) is 12.9. The average Bonchev–Trinajstić information content (AvgIpc) is 2.77. The van der Waals surface area contributed by atoms with Crippen molar-refractivity contribution in [1.82, 2.24) is 9.78 Å². The number of hydrogen-bond acceptors (Lipinski definition) is 2. The van der Waals surface area contributed by atoms with Crippen LogP contribution in [0.15, 0.2) is 30.6 Å². The maximum Gasteiger partial charge on any atom is 0.419 e. The van der Waals surface area contributed by atoms with Crippen molar-refractivity contribution in [3.63, 3.8) is 0 Å². The zero-order valence-electron chi connectivity index (χ0n) is 8.95. The van der Waals surface area contributed by atoms with E-state index in [1.54, 1.807) is 6.07 Å². The van der Waals surface area contributed by atoms with Crippen molar-refractivity contribution in [3.05, 3.63) is 46.7 Å². The fourth-order valence-electron chi connectivity index (χ4n) is 1.44. The van der Waals surface area contributed by atoms with Crippen LogP contribution >= 0.6 is 11.6 Å². The van der Waals surface area contributed by atoms with Crippen LogP contribution in [0.1, 0.15) is 11.1 Å². The van der Waals surface area contributed by atoms with Crippen LogP contribution in [0, 0.1) is 0 Å². The van der Waals surface area contributed by atoms with Gasteiger partial charge in [0.05, 0.1) is 29.1 Å². The summed E-state index contributed by atoms with van der Waals surface area (Å²) in [4.78, 5) is 0. The Hall–Kier alpha value is -1.53. The molecular formula is C11H8ClF3N2O. The lowest BCUT2D eigenvalue weighted by atomic mass is 10.2. The van der Waals surface area contributed by atoms with E-state index in [9.17, 15) is 13.2 Å². The highest BCUT2D eigenvalue weighted by atomic mass is 35.5. The molecule has 1 aromatic heterocycles. The summed E-state index contributed by atoms with van der Waals surface area (Å²) in [5, 5.41) is 12.7. The van der Waals surface area contributed by atoms with Gasteiger partial charge in [0.1, 0.15) is 0 Å². The SMILES string of the molecule is OCc1ccc(-n2cc(C(F)(F)F)cn2)c(Cl)c1. The van der Waals surface area contributed by atoms with Gasteiger partial charge >= 0.3 is 6.18 Å². The summed E-state index contributed by atoms with van der Waals surface area (Å²) in [5.41, 5.74) is 0.0566. The predicted octanol–water partition coefficient (Wildman–Crippen LogP) is 3.04. The third kappa shape index (κ3) is 2.49. The minimum Gasteiger partial charge on any atom is -0.392 e. The van der Waals surface area contributed by atoms with E-state index >= 15 is 0 Å². The summed E-state index contributed by atoms with van der Waals surface area (Å²) in [6.07, 6.45) is -2.84. The zero-order valence-corrected chi connectivity index (χ0v) is 9.70. The Morgan fingerprint density at radius 2 is 2.06 bits per heavy atom. The first-order valence-electron chi connectivity index (χ1n) is 4.93. The molecule has 0 spiro atoms. The van der Waals surface area contributed by atoms with Crippen molar-refractivity contribution in [3.8, 4) is 5.69 Å². The van der Waals surface area contributed by atoms with E-state index in [-0.39, 0.29) is 11.6 Å². The number of rotatable bonds is 2. The van der Waals surface area contributed by atoms with Gasteiger partial charge in [0.25, 0.3) is 0 Å². The third-order valence-corrected chi connectivity index (χ3v) is 2.65. The summed E-state index contributed by atoms with van der Waals surface area (Å²) in [5.74, 6) is 0. The molecule has 0 bridgehead atoms. The number of aromatic nitrogens is 2. The second kappa shape index (κ2) is 4.62. The van der Waals surface area contributed by atoms with Crippen molar-refractivity contribution in [2.75, 3.05) is 0 Å². The molecule has 0 amide bonds. The number of aliphatic hydroxyl groups is 1. The number of halogens is 4. The molecule has 1 heterocycles. The lowest BCUT2D eigenvalue weighted by Crippen LogP contribution is -2.03. The molecule has 0 aliphatic rings. The van der Waals surface area contributed by atoms with Gasteiger partial charge < -0.3 is 5.11 Å². The maximum absolute atomic E-state index is 12.4. The Morgan fingerprint density at radius 1 is 1.33 bits per heavy atom. The van der Waals surface area contributed by atoms with Crippen molar-refractivity contribution in [2.45, 2.75) is 12.8 Å². The molecule has 2 rings (SSSR count). The molecule has 2 aromatic rings. The lowest BCUT2D eigenvalue weighted by Gasteiger charge is -2.06. The van der Waals surface area contributed by atoms with E-state index in [1.165, 1.54) is 12.1 Å². The van der Waals surface area contributed by atoms with Crippen LogP contribution in [0.4, 0.5) is 13.2 Å². The smallest absolute Gasteiger partial charge is 0.392 e. The van der Waals surface area contributed by atoms with E-state index in [0.29, 0.717) is 11.3 Å². The molecular weight excluding hydrogens is 269 g/mol. The Morgan fingerprint density at radius 3 is 2.56 bits per heavy atom. The predicted molar refractivity (Wildman–Crippen MR) is 59.5 cm³/mol. The number of benzene rings is 1. The fourth-order valence-corrected chi connectivity index (χ4v) is 1.73. The molecule has 0 radical (unpaired) electrons. The van der Waals surface area contributed by atoms with E-state index in [2.05, 4.69) is 5.10 Å². The molecule has 0 fully saturated rings. The molecule has 0 saturated carbocycles. The van der Waals surface area contributed by atoms with Gasteiger partial charge in [0, 0.05) is 6.20 Å². The van der Waals surface area contributed by atoms with E-state index < -0.39 is 11.7 Å². The molecule has 0 unspecified atom stereocenters. The molecule has 1 N–H and O–H groups in total. The van der Waals surface area contributed by atoms with Gasteiger partial charge in [-0.25, -0.2) is 4.68 Å². The summed E-state index contributed by atoms with van der Waals surface area (Å²) in [6.45, 7) is -0.188. The molecule has 0 saturated heterocycles. The first-order chi connectivity index (χ1) is 8.41. The third-order valence-electron chi connectivity index (χ3n) is 2.35. The van der Waals surface area contributed by atoms with Crippen LogP contribution in [0.3, 0.4) is 0 Å². The summed E-state index contributed by atoms with van der Waals surface area (Å²) < 4.78 is 38.3. The van der Waals surface area contributed by atoms with Crippen LogP contribution in [0.25, 0.3) is 5.69 Å². The molecule has 0 aliphatic heterocycles. The molecule has 0 atom stereocenters. The van der Waals surface area contributed by atoms with Gasteiger partial charge in [-0.15, -0.1) is 0 Å². The molecule has 7 heteroatoms. The van der Waals surface area contributed by atoms with Gasteiger partial charge in [0.2, 0.25) is 0 Å². The number of aliphatic hydroxyl groups excluding tert-OH is 1. The fraction of sp³-hybridized carbons (Fsp3) is 0.182. The Labute approximate surface area is 105 Å². The largest absolute Gasteiger partial charge is 0.419 e. The Balaban J connectivity index is 2.40. The average molecular weight is 277 g/mol. The molecule has 18 heavy (non-hydrogen) atoms. The van der Waals surface area contributed by atoms with Crippen molar-refractivity contribution < 1.29 is 18.3 Å². The monoisotopic (exact) mass is 276 g/mol. The summed E-state index contributed by atoms with van der Waals surface area (Å²) >= 11 is 5.91. The molecule has 0 aliphatic carbocycles. The van der Waals surface area contributed by atoms with E-state index in [0.717, 1.165) is 17.1 Å².